The Kier molecular flexibility index (Phi) is 4.92. The third-order valence-corrected chi connectivity index (χ3v) is 0.357. The van der Waals surface area contributed by atoms with Crippen LogP contribution in [0, 0.1) is 0 Å². The highest BCUT2D eigenvalue weighted by Crippen LogP contribution is 1.73. The van der Waals surface area contributed by atoms with Gasteiger partial charge in [-0.05, 0) is 6.92 Å². The maximum Gasteiger partial charge on any atom is 0.332 e. The maximum absolute atomic E-state index is 9.45. The minimum atomic E-state index is -1.23. The fourth-order valence-electron chi connectivity index (χ4n) is 0. The second kappa shape index (κ2) is 3.58. The van der Waals surface area contributed by atoms with Crippen LogP contribution in [0.1, 0.15) is 6.92 Å². The molecular weight excluding hydrogens is 100 g/mol. The molecule has 1 atom stereocenters. The van der Waals surface area contributed by atoms with Crippen LogP contribution in [-0.4, -0.2) is 27.8 Å². The lowest BCUT2D eigenvalue weighted by molar-refractivity contribution is -0.145. The first-order valence-electron chi connectivity index (χ1n) is 1.55. The molecule has 0 spiro atoms. The molecule has 0 aliphatic carbocycles. The van der Waals surface area contributed by atoms with E-state index in [1.54, 1.807) is 0 Å². The largest absolute Gasteiger partial charge is 0.479 e. The summed E-state index contributed by atoms with van der Waals surface area (Å²) in [5.74, 6) is -1.19. The van der Waals surface area contributed by atoms with Gasteiger partial charge in [-0.15, -0.1) is 0 Å². The lowest BCUT2D eigenvalue weighted by Gasteiger charge is -1.89. The molecule has 0 radical (unpaired) electrons. The summed E-state index contributed by atoms with van der Waals surface area (Å²) in [6.45, 7) is 1.20. The van der Waals surface area contributed by atoms with Gasteiger partial charge in [0, 0.05) is 0 Å². The van der Waals surface area contributed by atoms with Crippen LogP contribution in [-0.2, 0) is 4.79 Å². The Morgan fingerprint density at radius 3 is 1.86 bits per heavy atom. The average molecular weight is 108 g/mol. The van der Waals surface area contributed by atoms with Gasteiger partial charge in [0.05, 0.1) is 0 Å². The highest BCUT2D eigenvalue weighted by Gasteiger charge is 2.01. The summed E-state index contributed by atoms with van der Waals surface area (Å²) in [4.78, 5) is 9.45. The maximum atomic E-state index is 9.45. The van der Waals surface area contributed by atoms with Gasteiger partial charge >= 0.3 is 5.97 Å². The molecule has 0 rings (SSSR count). The zero-order valence-corrected chi connectivity index (χ0v) is 3.88. The van der Waals surface area contributed by atoms with E-state index < -0.39 is 12.1 Å². The van der Waals surface area contributed by atoms with Crippen molar-refractivity contribution in [2.45, 2.75) is 13.0 Å². The summed E-state index contributed by atoms with van der Waals surface area (Å²) in [6.07, 6.45) is -1.23. The van der Waals surface area contributed by atoms with Gasteiger partial charge in [0.1, 0.15) is 6.10 Å². The third kappa shape index (κ3) is 5.39. The predicted molar refractivity (Wildman–Crippen MR) is 22.9 cm³/mol. The summed E-state index contributed by atoms with van der Waals surface area (Å²) in [5, 5.41) is 15.8. The molecule has 4 nitrogen and oxygen atoms in total. The first kappa shape index (κ1) is 9.63. The van der Waals surface area contributed by atoms with Crippen molar-refractivity contribution in [1.82, 2.24) is 0 Å². The number of hydrogen-bond donors (Lipinski definition) is 2. The van der Waals surface area contributed by atoms with Crippen LogP contribution in [0.2, 0.25) is 0 Å². The molecule has 0 fully saturated rings. The first-order valence-corrected chi connectivity index (χ1v) is 1.55. The van der Waals surface area contributed by atoms with E-state index in [2.05, 4.69) is 0 Å². The number of aliphatic carboxylic acids is 1. The van der Waals surface area contributed by atoms with E-state index in [4.69, 9.17) is 10.2 Å². The lowest BCUT2D eigenvalue weighted by Crippen LogP contribution is -2.13. The fraction of sp³-hybridized carbons (Fsp3) is 0.667. The molecule has 4 heteroatoms. The SMILES string of the molecule is C[C@@H](O)C(=O)O.O. The molecule has 0 saturated heterocycles. The highest BCUT2D eigenvalue weighted by molar-refractivity contribution is 5.71. The van der Waals surface area contributed by atoms with E-state index in [0.29, 0.717) is 0 Å². The van der Waals surface area contributed by atoms with E-state index in [1.807, 2.05) is 0 Å². The van der Waals surface area contributed by atoms with Gasteiger partial charge in [0.2, 0.25) is 0 Å². The number of carboxylic acids is 1. The minimum Gasteiger partial charge on any atom is -0.479 e. The topological polar surface area (TPSA) is 89.0 Å². The van der Waals surface area contributed by atoms with Crippen LogP contribution in [0.25, 0.3) is 0 Å². The zero-order chi connectivity index (χ0) is 5.15. The quantitative estimate of drug-likeness (QED) is 0.434. The molecule has 4 N–H and O–H groups in total. The number of hydrogen-bond acceptors (Lipinski definition) is 2. The first-order chi connectivity index (χ1) is 2.64. The van der Waals surface area contributed by atoms with Gasteiger partial charge < -0.3 is 15.7 Å². The van der Waals surface area contributed by atoms with Crippen molar-refractivity contribution >= 4 is 5.97 Å². The van der Waals surface area contributed by atoms with Crippen molar-refractivity contribution in [2.24, 2.45) is 0 Å². The van der Waals surface area contributed by atoms with Crippen molar-refractivity contribution in [3.05, 3.63) is 0 Å². The minimum absolute atomic E-state index is 0. The summed E-state index contributed by atoms with van der Waals surface area (Å²) >= 11 is 0. The number of carboxylic acid groups (broad SMARTS) is 1. The molecule has 0 unspecified atom stereocenters. The Hall–Kier alpha value is -0.610. The number of carbonyl (C=O) groups is 1. The fourth-order valence-corrected chi connectivity index (χ4v) is 0. The van der Waals surface area contributed by atoms with Gasteiger partial charge in [0.15, 0.2) is 0 Å². The normalized spacial score (nSPS) is 11.7. The Morgan fingerprint density at radius 2 is 1.86 bits per heavy atom. The van der Waals surface area contributed by atoms with Crippen LogP contribution in [0.15, 0.2) is 0 Å². The molecule has 0 aromatic carbocycles. The van der Waals surface area contributed by atoms with Crippen LogP contribution < -0.4 is 0 Å². The van der Waals surface area contributed by atoms with Crippen molar-refractivity contribution in [3.8, 4) is 0 Å². The van der Waals surface area contributed by atoms with Gasteiger partial charge in [-0.2, -0.15) is 0 Å². The molecule has 0 bridgehead atoms. The smallest absolute Gasteiger partial charge is 0.332 e. The van der Waals surface area contributed by atoms with Crippen LogP contribution in [0.4, 0.5) is 0 Å². The van der Waals surface area contributed by atoms with Crippen molar-refractivity contribution in [2.75, 3.05) is 0 Å². The summed E-state index contributed by atoms with van der Waals surface area (Å²) < 4.78 is 0. The molecule has 7 heavy (non-hydrogen) atoms. The molecule has 44 valence electrons. The molecule has 0 aromatic rings. The number of aliphatic hydroxyl groups is 1. The molecule has 0 aliphatic heterocycles. The van der Waals surface area contributed by atoms with Crippen molar-refractivity contribution in [1.29, 1.82) is 0 Å². The molecular formula is C3H8O4. The van der Waals surface area contributed by atoms with E-state index in [1.165, 1.54) is 6.92 Å². The molecule has 0 aliphatic rings. The second-order valence-corrected chi connectivity index (χ2v) is 1.01. The number of rotatable bonds is 1. The highest BCUT2D eigenvalue weighted by atomic mass is 16.4. The van der Waals surface area contributed by atoms with E-state index in [9.17, 15) is 4.79 Å². The van der Waals surface area contributed by atoms with Gasteiger partial charge in [-0.3, -0.25) is 0 Å². The Bertz CT molecular complexity index is 58.0. The molecule has 0 heterocycles. The summed E-state index contributed by atoms with van der Waals surface area (Å²) in [7, 11) is 0. The third-order valence-electron chi connectivity index (χ3n) is 0.357. The van der Waals surface area contributed by atoms with Crippen molar-refractivity contribution < 1.29 is 20.5 Å². The zero-order valence-electron chi connectivity index (χ0n) is 3.88. The molecule has 0 amide bonds. The van der Waals surface area contributed by atoms with E-state index >= 15 is 0 Å². The molecule has 0 aromatic heterocycles. The van der Waals surface area contributed by atoms with E-state index in [-0.39, 0.29) is 5.48 Å². The lowest BCUT2D eigenvalue weighted by atomic mass is 10.4. The van der Waals surface area contributed by atoms with Gasteiger partial charge in [-0.25, -0.2) is 4.79 Å². The standard InChI is InChI=1S/C3H6O3.H2O/c1-2(4)3(5)6;/h2,4H,1H3,(H,5,6);1H2/t2-;/m1./s1. The van der Waals surface area contributed by atoms with Gasteiger partial charge in [0.25, 0.3) is 0 Å². The van der Waals surface area contributed by atoms with Gasteiger partial charge in [-0.1, -0.05) is 0 Å². The summed E-state index contributed by atoms with van der Waals surface area (Å²) in [5.41, 5.74) is 0. The summed E-state index contributed by atoms with van der Waals surface area (Å²) in [6, 6.07) is 0. The average Bonchev–Trinajstić information content (AvgIpc) is 1.36. The predicted octanol–water partition coefficient (Wildman–Crippen LogP) is -1.37. The second-order valence-electron chi connectivity index (χ2n) is 1.01. The Labute approximate surface area is 40.7 Å². The van der Waals surface area contributed by atoms with Crippen LogP contribution in [0.5, 0.6) is 0 Å². The monoisotopic (exact) mass is 108 g/mol. The van der Waals surface area contributed by atoms with E-state index in [0.717, 1.165) is 0 Å². The van der Waals surface area contributed by atoms with Crippen LogP contribution in [0.3, 0.4) is 0 Å². The van der Waals surface area contributed by atoms with Crippen molar-refractivity contribution in [3.63, 3.8) is 0 Å². The Balaban J connectivity index is 0. The number of aliphatic hydroxyl groups excluding tert-OH is 1. The van der Waals surface area contributed by atoms with Crippen LogP contribution >= 0.6 is 0 Å². The molecule has 0 saturated carbocycles. The Morgan fingerprint density at radius 1 is 1.71 bits per heavy atom.